The molecule has 1 fully saturated rings. The van der Waals surface area contributed by atoms with E-state index in [1.54, 1.807) is 63.8 Å². The first-order valence-electron chi connectivity index (χ1n) is 7.80. The molecule has 1 saturated heterocycles. The highest BCUT2D eigenvalue weighted by Crippen LogP contribution is 2.29. The second-order valence-corrected chi connectivity index (χ2v) is 5.83. The van der Waals surface area contributed by atoms with E-state index in [0.717, 1.165) is 5.56 Å². The maximum atomic E-state index is 12.8. The lowest BCUT2D eigenvalue weighted by Crippen LogP contribution is -2.30. The van der Waals surface area contributed by atoms with Crippen LogP contribution < -0.4 is 24.4 Å². The van der Waals surface area contributed by atoms with Gasteiger partial charge in [0.05, 0.1) is 27.0 Å². The lowest BCUT2D eigenvalue weighted by Gasteiger charge is -2.14. The number of carbonyl (C=O) groups excluding carboxylic acids is 1. The van der Waals surface area contributed by atoms with Gasteiger partial charge < -0.3 is 19.5 Å². The highest BCUT2D eigenvalue weighted by atomic mass is 32.1. The molecule has 2 aromatic rings. The van der Waals surface area contributed by atoms with Gasteiger partial charge in [0.1, 0.15) is 11.4 Å². The third-order valence-electron chi connectivity index (χ3n) is 3.93. The van der Waals surface area contributed by atoms with Crippen LogP contribution in [0.25, 0.3) is 6.08 Å². The molecule has 1 heterocycles. The van der Waals surface area contributed by atoms with Gasteiger partial charge in [-0.3, -0.25) is 9.69 Å². The number of hydrogen-bond acceptors (Lipinski definition) is 5. The number of benzene rings is 2. The van der Waals surface area contributed by atoms with Crippen molar-refractivity contribution in [2.75, 3.05) is 26.2 Å². The topological polar surface area (TPSA) is 60.0 Å². The van der Waals surface area contributed by atoms with Crippen molar-refractivity contribution >= 4 is 35.0 Å². The van der Waals surface area contributed by atoms with Crippen molar-refractivity contribution in [1.29, 1.82) is 0 Å². The minimum atomic E-state index is -0.227. The summed E-state index contributed by atoms with van der Waals surface area (Å²) in [7, 11) is 4.73. The lowest BCUT2D eigenvalue weighted by molar-refractivity contribution is -0.113. The van der Waals surface area contributed by atoms with Gasteiger partial charge in [-0.2, -0.15) is 0 Å². The van der Waals surface area contributed by atoms with E-state index in [4.69, 9.17) is 26.4 Å². The minimum Gasteiger partial charge on any atom is -0.497 e. The number of nitrogens with zero attached hydrogens (tertiary/aromatic N) is 1. The van der Waals surface area contributed by atoms with Gasteiger partial charge in [-0.05, 0) is 60.3 Å². The molecule has 1 aliphatic rings. The van der Waals surface area contributed by atoms with Crippen LogP contribution >= 0.6 is 12.2 Å². The highest BCUT2D eigenvalue weighted by molar-refractivity contribution is 7.80. The standard InChI is InChI=1S/C19H18N2O4S/c1-23-14-7-5-13(6-8-14)21-18(22)15(20-19(21)26)10-12-4-9-16(24-2)17(11-12)25-3/h4-11H,1-3H3,(H,20,26). The summed E-state index contributed by atoms with van der Waals surface area (Å²) < 4.78 is 15.7. The predicted octanol–water partition coefficient (Wildman–Crippen LogP) is 2.97. The van der Waals surface area contributed by atoms with E-state index in [2.05, 4.69) is 5.32 Å². The van der Waals surface area contributed by atoms with E-state index in [-0.39, 0.29) is 5.91 Å². The summed E-state index contributed by atoms with van der Waals surface area (Å²) in [6, 6.07) is 12.5. The third-order valence-corrected chi connectivity index (χ3v) is 4.21. The van der Waals surface area contributed by atoms with Crippen LogP contribution in [-0.4, -0.2) is 32.3 Å². The van der Waals surface area contributed by atoms with Gasteiger partial charge in [0.25, 0.3) is 5.91 Å². The largest absolute Gasteiger partial charge is 0.497 e. The molecule has 0 unspecified atom stereocenters. The Morgan fingerprint density at radius 2 is 1.65 bits per heavy atom. The molecule has 1 N–H and O–H groups in total. The molecule has 1 aliphatic heterocycles. The van der Waals surface area contributed by atoms with E-state index in [1.165, 1.54) is 4.90 Å². The molecule has 0 spiro atoms. The molecule has 2 aromatic carbocycles. The number of carbonyl (C=O) groups is 1. The van der Waals surface area contributed by atoms with Gasteiger partial charge in [-0.15, -0.1) is 0 Å². The molecule has 7 heteroatoms. The Hall–Kier alpha value is -3.06. The average molecular weight is 370 g/mol. The summed E-state index contributed by atoms with van der Waals surface area (Å²) in [5.74, 6) is 1.69. The van der Waals surface area contributed by atoms with Crippen LogP contribution in [0.15, 0.2) is 48.2 Å². The van der Waals surface area contributed by atoms with Gasteiger partial charge in [0.2, 0.25) is 0 Å². The number of methoxy groups -OCH3 is 3. The zero-order valence-corrected chi connectivity index (χ0v) is 15.4. The van der Waals surface area contributed by atoms with Crippen LogP contribution in [-0.2, 0) is 4.79 Å². The molecule has 0 saturated carbocycles. The summed E-state index contributed by atoms with van der Waals surface area (Å²) in [5, 5.41) is 3.29. The Balaban J connectivity index is 1.89. The monoisotopic (exact) mass is 370 g/mol. The van der Waals surface area contributed by atoms with Crippen molar-refractivity contribution in [2.24, 2.45) is 0 Å². The first-order chi connectivity index (χ1) is 12.6. The fourth-order valence-electron chi connectivity index (χ4n) is 2.61. The lowest BCUT2D eigenvalue weighted by atomic mass is 10.1. The Kier molecular flexibility index (Phi) is 5.09. The average Bonchev–Trinajstić information content (AvgIpc) is 2.95. The van der Waals surface area contributed by atoms with Crippen LogP contribution in [0.3, 0.4) is 0 Å². The fraction of sp³-hybridized carbons (Fsp3) is 0.158. The van der Waals surface area contributed by atoms with E-state index in [0.29, 0.717) is 33.7 Å². The molecule has 6 nitrogen and oxygen atoms in total. The molecular weight excluding hydrogens is 352 g/mol. The van der Waals surface area contributed by atoms with E-state index in [1.807, 2.05) is 6.07 Å². The van der Waals surface area contributed by atoms with Crippen molar-refractivity contribution < 1.29 is 19.0 Å². The van der Waals surface area contributed by atoms with Crippen molar-refractivity contribution in [3.63, 3.8) is 0 Å². The normalized spacial score (nSPS) is 15.2. The zero-order chi connectivity index (χ0) is 18.7. The van der Waals surface area contributed by atoms with Crippen LogP contribution in [0, 0.1) is 0 Å². The van der Waals surface area contributed by atoms with E-state index >= 15 is 0 Å². The smallest absolute Gasteiger partial charge is 0.281 e. The molecule has 0 radical (unpaired) electrons. The summed E-state index contributed by atoms with van der Waals surface area (Å²) in [5.41, 5.74) is 1.85. The number of thiocarbonyl (C=S) groups is 1. The van der Waals surface area contributed by atoms with Gasteiger partial charge in [-0.25, -0.2) is 0 Å². The molecular formula is C19H18N2O4S. The maximum Gasteiger partial charge on any atom is 0.281 e. The fourth-order valence-corrected chi connectivity index (χ4v) is 2.91. The number of rotatable bonds is 5. The first-order valence-corrected chi connectivity index (χ1v) is 8.21. The highest BCUT2D eigenvalue weighted by Gasteiger charge is 2.31. The summed E-state index contributed by atoms with van der Waals surface area (Å²) >= 11 is 5.32. The van der Waals surface area contributed by atoms with Crippen LogP contribution in [0.5, 0.6) is 17.2 Å². The van der Waals surface area contributed by atoms with Gasteiger partial charge >= 0.3 is 0 Å². The number of nitrogens with one attached hydrogen (secondary N) is 1. The van der Waals surface area contributed by atoms with Crippen LogP contribution in [0.1, 0.15) is 5.56 Å². The molecule has 0 atom stereocenters. The van der Waals surface area contributed by atoms with Gasteiger partial charge in [0, 0.05) is 0 Å². The summed E-state index contributed by atoms with van der Waals surface area (Å²) in [6.45, 7) is 0. The third kappa shape index (κ3) is 3.34. The van der Waals surface area contributed by atoms with Crippen molar-refractivity contribution in [3.05, 3.63) is 53.7 Å². The van der Waals surface area contributed by atoms with Gasteiger partial charge in [0.15, 0.2) is 16.6 Å². The Bertz CT molecular complexity index is 878. The Morgan fingerprint density at radius 3 is 2.27 bits per heavy atom. The molecule has 3 rings (SSSR count). The van der Waals surface area contributed by atoms with E-state index < -0.39 is 0 Å². The first kappa shape index (κ1) is 17.8. The molecule has 134 valence electrons. The number of anilines is 1. The predicted molar refractivity (Wildman–Crippen MR) is 104 cm³/mol. The number of hydrogen-bond donors (Lipinski definition) is 1. The molecule has 26 heavy (non-hydrogen) atoms. The van der Waals surface area contributed by atoms with Crippen LogP contribution in [0.4, 0.5) is 5.69 Å². The summed E-state index contributed by atoms with van der Waals surface area (Å²) in [6.07, 6.45) is 1.72. The zero-order valence-electron chi connectivity index (χ0n) is 14.6. The molecule has 0 aromatic heterocycles. The number of ether oxygens (including phenoxy) is 3. The van der Waals surface area contributed by atoms with Crippen molar-refractivity contribution in [1.82, 2.24) is 5.32 Å². The molecule has 0 bridgehead atoms. The second-order valence-electron chi connectivity index (χ2n) is 5.44. The second kappa shape index (κ2) is 7.45. The molecule has 0 aliphatic carbocycles. The van der Waals surface area contributed by atoms with Crippen LogP contribution in [0.2, 0.25) is 0 Å². The quantitative estimate of drug-likeness (QED) is 0.645. The number of amides is 1. The van der Waals surface area contributed by atoms with Gasteiger partial charge in [-0.1, -0.05) is 6.07 Å². The minimum absolute atomic E-state index is 0.227. The SMILES string of the molecule is COc1ccc(N2C(=O)C(=Cc3ccc(OC)c(OC)c3)NC2=S)cc1. The van der Waals surface area contributed by atoms with Crippen molar-refractivity contribution in [2.45, 2.75) is 0 Å². The molecule has 1 amide bonds. The summed E-state index contributed by atoms with van der Waals surface area (Å²) in [4.78, 5) is 14.2. The van der Waals surface area contributed by atoms with E-state index in [9.17, 15) is 4.79 Å². The van der Waals surface area contributed by atoms with Crippen molar-refractivity contribution in [3.8, 4) is 17.2 Å². The Morgan fingerprint density at radius 1 is 0.962 bits per heavy atom. The Labute approximate surface area is 157 Å². The maximum absolute atomic E-state index is 12.8.